The molecule has 0 aliphatic carbocycles. The van der Waals surface area contributed by atoms with Crippen LogP contribution in [-0.2, 0) is 0 Å². The van der Waals surface area contributed by atoms with Crippen LogP contribution in [0.2, 0.25) is 0 Å². The Bertz CT molecular complexity index is 366. The summed E-state index contributed by atoms with van der Waals surface area (Å²) in [6.07, 6.45) is 0.575. The first-order valence-corrected chi connectivity index (χ1v) is 5.39. The van der Waals surface area contributed by atoms with Gasteiger partial charge in [0.15, 0.2) is 11.6 Å². The molecule has 0 heterocycles. The van der Waals surface area contributed by atoms with Crippen LogP contribution in [0, 0.1) is 11.7 Å². The van der Waals surface area contributed by atoms with E-state index >= 15 is 0 Å². The van der Waals surface area contributed by atoms with E-state index < -0.39 is 11.6 Å². The van der Waals surface area contributed by atoms with Gasteiger partial charge in [-0.3, -0.25) is 0 Å². The van der Waals surface area contributed by atoms with Crippen LogP contribution in [0.25, 0.3) is 0 Å². The molecular formula is C12H18FNO2. The quantitative estimate of drug-likeness (QED) is 0.691. The monoisotopic (exact) mass is 227 g/mol. The van der Waals surface area contributed by atoms with E-state index in [4.69, 9.17) is 5.73 Å². The lowest BCUT2D eigenvalue weighted by atomic mass is 9.85. The molecule has 1 aromatic rings. The van der Waals surface area contributed by atoms with Gasteiger partial charge in [0.2, 0.25) is 0 Å². The van der Waals surface area contributed by atoms with Crippen molar-refractivity contribution < 1.29 is 14.6 Å². The summed E-state index contributed by atoms with van der Waals surface area (Å²) in [4.78, 5) is 0. The zero-order chi connectivity index (χ0) is 12.3. The van der Waals surface area contributed by atoms with Gasteiger partial charge < -0.3 is 15.9 Å². The van der Waals surface area contributed by atoms with Gasteiger partial charge >= 0.3 is 0 Å². The Hall–Kier alpha value is -1.29. The maximum absolute atomic E-state index is 13.7. The summed E-state index contributed by atoms with van der Waals surface area (Å²) < 4.78 is 13.7. The molecule has 0 amide bonds. The first-order chi connectivity index (χ1) is 7.49. The van der Waals surface area contributed by atoms with Crippen molar-refractivity contribution in [1.82, 2.24) is 0 Å². The summed E-state index contributed by atoms with van der Waals surface area (Å²) >= 11 is 0. The standard InChI is InChI=1S/C12H18FNO2/c1-7(2)8(5-6-14)11-9(15)3-4-10(16)12(11)13/h3-4,7-8,15-16H,5-6,14H2,1-2H3. The minimum Gasteiger partial charge on any atom is -0.508 e. The van der Waals surface area contributed by atoms with Gasteiger partial charge in [-0.15, -0.1) is 0 Å². The lowest BCUT2D eigenvalue weighted by molar-refractivity contribution is 0.382. The summed E-state index contributed by atoms with van der Waals surface area (Å²) in [6, 6.07) is 2.45. The van der Waals surface area contributed by atoms with Gasteiger partial charge in [-0.25, -0.2) is 4.39 Å². The fraction of sp³-hybridized carbons (Fsp3) is 0.500. The fourth-order valence-electron chi connectivity index (χ4n) is 1.91. The number of benzene rings is 1. The molecule has 90 valence electrons. The molecule has 0 aliphatic heterocycles. The van der Waals surface area contributed by atoms with E-state index in [0.29, 0.717) is 13.0 Å². The van der Waals surface area contributed by atoms with Crippen molar-refractivity contribution in [3.63, 3.8) is 0 Å². The molecule has 0 spiro atoms. The molecule has 1 unspecified atom stereocenters. The molecular weight excluding hydrogens is 209 g/mol. The molecule has 1 atom stereocenters. The van der Waals surface area contributed by atoms with Gasteiger partial charge in [0.25, 0.3) is 0 Å². The number of halogens is 1. The van der Waals surface area contributed by atoms with Gasteiger partial charge in [0.1, 0.15) is 5.75 Å². The lowest BCUT2D eigenvalue weighted by Crippen LogP contribution is -2.14. The lowest BCUT2D eigenvalue weighted by Gasteiger charge is -2.22. The summed E-state index contributed by atoms with van der Waals surface area (Å²) in [7, 11) is 0. The Labute approximate surface area is 94.7 Å². The second kappa shape index (κ2) is 5.16. The molecule has 0 fully saturated rings. The molecule has 0 aromatic heterocycles. The Morgan fingerprint density at radius 3 is 2.31 bits per heavy atom. The minimum atomic E-state index is -0.743. The average Bonchev–Trinajstić information content (AvgIpc) is 2.22. The molecule has 3 nitrogen and oxygen atoms in total. The largest absolute Gasteiger partial charge is 0.508 e. The van der Waals surface area contributed by atoms with E-state index in [1.807, 2.05) is 13.8 Å². The van der Waals surface area contributed by atoms with E-state index in [0.717, 1.165) is 6.07 Å². The van der Waals surface area contributed by atoms with E-state index in [1.165, 1.54) is 6.07 Å². The van der Waals surface area contributed by atoms with Gasteiger partial charge in [-0.1, -0.05) is 13.8 Å². The first-order valence-electron chi connectivity index (χ1n) is 5.39. The Morgan fingerprint density at radius 1 is 1.25 bits per heavy atom. The van der Waals surface area contributed by atoms with E-state index in [2.05, 4.69) is 0 Å². The van der Waals surface area contributed by atoms with Crippen molar-refractivity contribution in [1.29, 1.82) is 0 Å². The summed E-state index contributed by atoms with van der Waals surface area (Å²) in [6.45, 7) is 4.28. The van der Waals surface area contributed by atoms with Gasteiger partial charge in [-0.05, 0) is 36.9 Å². The number of rotatable bonds is 4. The third kappa shape index (κ3) is 2.44. The predicted octanol–water partition coefficient (Wildman–Crippen LogP) is 2.33. The molecule has 1 rings (SSSR count). The van der Waals surface area contributed by atoms with Crippen LogP contribution in [0.4, 0.5) is 4.39 Å². The highest BCUT2D eigenvalue weighted by Gasteiger charge is 2.24. The molecule has 0 saturated carbocycles. The Kier molecular flexibility index (Phi) is 4.12. The summed E-state index contributed by atoms with van der Waals surface area (Å²) in [5.41, 5.74) is 5.64. The zero-order valence-electron chi connectivity index (χ0n) is 9.57. The van der Waals surface area contributed by atoms with E-state index in [-0.39, 0.29) is 23.1 Å². The fourth-order valence-corrected chi connectivity index (χ4v) is 1.91. The number of phenolic OH excluding ortho intramolecular Hbond substituents is 2. The average molecular weight is 227 g/mol. The summed E-state index contributed by atoms with van der Waals surface area (Å²) in [5.74, 6) is -1.34. The Balaban J connectivity index is 3.22. The molecule has 4 N–H and O–H groups in total. The van der Waals surface area contributed by atoms with Crippen molar-refractivity contribution in [2.24, 2.45) is 11.7 Å². The van der Waals surface area contributed by atoms with Crippen LogP contribution in [0.5, 0.6) is 11.5 Å². The Morgan fingerprint density at radius 2 is 1.81 bits per heavy atom. The van der Waals surface area contributed by atoms with Crippen molar-refractivity contribution >= 4 is 0 Å². The summed E-state index contributed by atoms with van der Waals surface area (Å²) in [5, 5.41) is 19.0. The van der Waals surface area contributed by atoms with Gasteiger partial charge in [-0.2, -0.15) is 0 Å². The number of aromatic hydroxyl groups is 2. The minimum absolute atomic E-state index is 0.123. The van der Waals surface area contributed by atoms with E-state index in [9.17, 15) is 14.6 Å². The van der Waals surface area contributed by atoms with Crippen LogP contribution in [-0.4, -0.2) is 16.8 Å². The highest BCUT2D eigenvalue weighted by molar-refractivity contribution is 5.43. The van der Waals surface area contributed by atoms with Crippen molar-refractivity contribution in [3.8, 4) is 11.5 Å². The van der Waals surface area contributed by atoms with Gasteiger partial charge in [0, 0.05) is 5.56 Å². The van der Waals surface area contributed by atoms with Crippen LogP contribution >= 0.6 is 0 Å². The van der Waals surface area contributed by atoms with Crippen molar-refractivity contribution in [3.05, 3.63) is 23.5 Å². The SMILES string of the molecule is CC(C)C(CCN)c1c(O)ccc(O)c1F. The van der Waals surface area contributed by atoms with Crippen LogP contribution in [0.1, 0.15) is 31.7 Å². The second-order valence-corrected chi connectivity index (χ2v) is 4.26. The van der Waals surface area contributed by atoms with Crippen LogP contribution in [0.3, 0.4) is 0 Å². The third-order valence-corrected chi connectivity index (χ3v) is 2.79. The smallest absolute Gasteiger partial charge is 0.171 e. The normalized spacial score (nSPS) is 13.1. The molecule has 0 radical (unpaired) electrons. The van der Waals surface area contributed by atoms with Crippen LogP contribution in [0.15, 0.2) is 12.1 Å². The molecule has 0 bridgehead atoms. The molecule has 4 heteroatoms. The zero-order valence-corrected chi connectivity index (χ0v) is 9.57. The molecule has 16 heavy (non-hydrogen) atoms. The number of hydrogen-bond donors (Lipinski definition) is 3. The number of nitrogens with two attached hydrogens (primary N) is 1. The number of phenols is 2. The molecule has 0 aliphatic rings. The first kappa shape index (κ1) is 12.8. The highest BCUT2D eigenvalue weighted by atomic mass is 19.1. The van der Waals surface area contributed by atoms with Crippen molar-refractivity contribution in [2.45, 2.75) is 26.2 Å². The van der Waals surface area contributed by atoms with E-state index in [1.54, 1.807) is 0 Å². The second-order valence-electron chi connectivity index (χ2n) is 4.26. The topological polar surface area (TPSA) is 66.5 Å². The number of hydrogen-bond acceptors (Lipinski definition) is 3. The van der Waals surface area contributed by atoms with Gasteiger partial charge in [0.05, 0.1) is 0 Å². The predicted molar refractivity (Wildman–Crippen MR) is 61.0 cm³/mol. The molecule has 0 saturated heterocycles. The molecule has 1 aromatic carbocycles. The highest BCUT2D eigenvalue weighted by Crippen LogP contribution is 2.38. The third-order valence-electron chi connectivity index (χ3n) is 2.79. The van der Waals surface area contributed by atoms with Crippen molar-refractivity contribution in [2.75, 3.05) is 6.54 Å². The maximum atomic E-state index is 13.7. The maximum Gasteiger partial charge on any atom is 0.171 e. The van der Waals surface area contributed by atoms with Crippen LogP contribution < -0.4 is 5.73 Å².